The average Bonchev–Trinajstić information content (AvgIpc) is 2.70. The highest BCUT2D eigenvalue weighted by atomic mass is 16.5. The molecule has 9 heteroatoms. The number of hydrogen-bond donors (Lipinski definition) is 5. The summed E-state index contributed by atoms with van der Waals surface area (Å²) in [5.41, 5.74) is -1.13. The fraction of sp³-hybridized carbons (Fsp3) is 0.455. The minimum Gasteiger partial charge on any atom is -0.505 e. The van der Waals surface area contributed by atoms with Gasteiger partial charge in [-0.2, -0.15) is 0 Å². The first-order valence-corrected chi connectivity index (χ1v) is 5.88. The number of H-pyrrole nitrogens is 1. The maximum Gasteiger partial charge on any atom is 0.335 e. The van der Waals surface area contributed by atoms with Gasteiger partial charge in [0.1, 0.15) is 0 Å². The van der Waals surface area contributed by atoms with E-state index >= 15 is 0 Å². The van der Waals surface area contributed by atoms with E-state index in [0.29, 0.717) is 0 Å². The Morgan fingerprint density at radius 3 is 2.75 bits per heavy atom. The summed E-state index contributed by atoms with van der Waals surface area (Å²) in [7, 11) is 1.63. The van der Waals surface area contributed by atoms with Crippen molar-refractivity contribution in [1.82, 2.24) is 14.9 Å². The molecular formula is C11H15N3O6. The van der Waals surface area contributed by atoms with E-state index in [1.165, 1.54) is 6.20 Å². The van der Waals surface area contributed by atoms with Crippen LogP contribution in [-0.4, -0.2) is 50.7 Å². The summed E-state index contributed by atoms with van der Waals surface area (Å²) in [6.07, 6.45) is -1.28. The Kier molecular flexibility index (Phi) is 3.93. The number of ether oxygens (including phenoxy) is 1. The molecule has 1 aliphatic rings. The molecule has 1 aromatic rings. The Bertz CT molecular complexity index is 646. The predicted molar refractivity (Wildman–Crippen MR) is 67.9 cm³/mol. The highest BCUT2D eigenvalue weighted by Gasteiger charge is 2.36. The van der Waals surface area contributed by atoms with Crippen molar-refractivity contribution >= 4 is 5.88 Å². The Morgan fingerprint density at radius 1 is 1.50 bits per heavy atom. The van der Waals surface area contributed by atoms with Crippen LogP contribution >= 0.6 is 0 Å². The SMILES string of the molecule is CNCc1cn(C2=C(O)C(O)[C@@H](CO)O2)c(=O)[nH]c1=O. The summed E-state index contributed by atoms with van der Waals surface area (Å²) in [5.74, 6) is -0.885. The Hall–Kier alpha value is -2.10. The van der Waals surface area contributed by atoms with E-state index in [0.717, 1.165) is 4.57 Å². The first-order chi connectivity index (χ1) is 9.49. The summed E-state index contributed by atoms with van der Waals surface area (Å²) in [6, 6.07) is 0. The van der Waals surface area contributed by atoms with E-state index in [1.54, 1.807) is 7.05 Å². The van der Waals surface area contributed by atoms with Crippen molar-refractivity contribution in [2.24, 2.45) is 0 Å². The van der Waals surface area contributed by atoms with E-state index in [1.807, 2.05) is 0 Å². The number of aliphatic hydroxyl groups excluding tert-OH is 3. The fourth-order valence-electron chi connectivity index (χ4n) is 1.87. The molecule has 2 heterocycles. The molecule has 110 valence electrons. The minimum absolute atomic E-state index is 0.204. The molecule has 0 amide bonds. The van der Waals surface area contributed by atoms with Crippen molar-refractivity contribution in [3.63, 3.8) is 0 Å². The van der Waals surface area contributed by atoms with Gasteiger partial charge in [-0.25, -0.2) is 9.36 Å². The largest absolute Gasteiger partial charge is 0.505 e. The maximum absolute atomic E-state index is 11.7. The molecule has 0 saturated carbocycles. The van der Waals surface area contributed by atoms with Crippen LogP contribution in [0.1, 0.15) is 5.56 Å². The third-order valence-electron chi connectivity index (χ3n) is 2.90. The molecule has 1 aromatic heterocycles. The van der Waals surface area contributed by atoms with Gasteiger partial charge in [-0.15, -0.1) is 0 Å². The van der Waals surface area contributed by atoms with Crippen LogP contribution < -0.4 is 16.6 Å². The van der Waals surface area contributed by atoms with Crippen LogP contribution in [0.3, 0.4) is 0 Å². The number of nitrogens with zero attached hydrogens (tertiary/aromatic N) is 1. The molecule has 1 unspecified atom stereocenters. The highest BCUT2D eigenvalue weighted by Crippen LogP contribution is 2.25. The molecule has 2 atom stereocenters. The molecular weight excluding hydrogens is 270 g/mol. The molecule has 0 bridgehead atoms. The average molecular weight is 285 g/mol. The highest BCUT2D eigenvalue weighted by molar-refractivity contribution is 5.46. The molecule has 1 aliphatic heterocycles. The second kappa shape index (κ2) is 5.49. The van der Waals surface area contributed by atoms with Gasteiger partial charge in [-0.3, -0.25) is 9.78 Å². The first kappa shape index (κ1) is 14.3. The van der Waals surface area contributed by atoms with Gasteiger partial charge in [-0.05, 0) is 7.05 Å². The van der Waals surface area contributed by atoms with E-state index < -0.39 is 35.8 Å². The van der Waals surface area contributed by atoms with Crippen molar-refractivity contribution in [2.45, 2.75) is 18.8 Å². The van der Waals surface area contributed by atoms with Gasteiger partial charge < -0.3 is 25.4 Å². The van der Waals surface area contributed by atoms with Gasteiger partial charge in [0.15, 0.2) is 18.0 Å². The molecule has 0 saturated heterocycles. The fourth-order valence-corrected chi connectivity index (χ4v) is 1.87. The maximum atomic E-state index is 11.7. The topological polar surface area (TPSA) is 137 Å². The van der Waals surface area contributed by atoms with Crippen molar-refractivity contribution in [3.05, 3.63) is 38.4 Å². The lowest BCUT2D eigenvalue weighted by Crippen LogP contribution is -2.33. The smallest absolute Gasteiger partial charge is 0.335 e. The van der Waals surface area contributed by atoms with E-state index in [9.17, 15) is 19.8 Å². The van der Waals surface area contributed by atoms with Crippen LogP contribution in [0.15, 0.2) is 21.5 Å². The lowest BCUT2D eigenvalue weighted by molar-refractivity contribution is 0.0137. The normalized spacial score (nSPS) is 22.1. The van der Waals surface area contributed by atoms with Crippen LogP contribution in [0, 0.1) is 0 Å². The van der Waals surface area contributed by atoms with Crippen LogP contribution in [-0.2, 0) is 11.3 Å². The second-order valence-electron chi connectivity index (χ2n) is 4.29. The van der Waals surface area contributed by atoms with E-state index in [2.05, 4.69) is 10.3 Å². The number of hydrogen-bond acceptors (Lipinski definition) is 7. The van der Waals surface area contributed by atoms with E-state index in [4.69, 9.17) is 9.84 Å². The summed E-state index contributed by atoms with van der Waals surface area (Å²) in [4.78, 5) is 25.4. The van der Waals surface area contributed by atoms with Gasteiger partial charge in [0, 0.05) is 18.3 Å². The number of rotatable bonds is 4. The molecule has 20 heavy (non-hydrogen) atoms. The molecule has 0 aromatic carbocycles. The molecule has 2 rings (SSSR count). The Labute approximate surface area is 112 Å². The quantitative estimate of drug-likeness (QED) is 0.419. The van der Waals surface area contributed by atoms with Crippen LogP contribution in [0.5, 0.6) is 0 Å². The second-order valence-corrected chi connectivity index (χ2v) is 4.29. The number of aromatic nitrogens is 2. The molecule has 0 spiro atoms. The zero-order valence-electron chi connectivity index (χ0n) is 10.7. The lowest BCUT2D eigenvalue weighted by atomic mass is 10.2. The summed E-state index contributed by atoms with van der Waals surface area (Å²) in [5, 5.41) is 31.1. The van der Waals surface area contributed by atoms with E-state index in [-0.39, 0.29) is 18.0 Å². The summed E-state index contributed by atoms with van der Waals surface area (Å²) < 4.78 is 6.00. The summed E-state index contributed by atoms with van der Waals surface area (Å²) in [6.45, 7) is -0.328. The monoisotopic (exact) mass is 285 g/mol. The standard InChI is InChI=1S/C11H15N3O6/c1-12-2-5-3-14(11(19)13-9(5)18)10-8(17)7(16)6(4-15)20-10/h3,6-7,12,15-17H,2,4H2,1H3,(H,13,18,19)/t6-,7?/m1/s1. The third kappa shape index (κ3) is 2.33. The number of aliphatic hydroxyl groups is 3. The third-order valence-corrected chi connectivity index (χ3v) is 2.90. The molecule has 9 nitrogen and oxygen atoms in total. The lowest BCUT2D eigenvalue weighted by Gasteiger charge is -2.12. The Balaban J connectivity index is 2.51. The zero-order valence-corrected chi connectivity index (χ0v) is 10.7. The molecule has 0 fully saturated rings. The zero-order chi connectivity index (χ0) is 14.9. The van der Waals surface area contributed by atoms with Crippen LogP contribution in [0.2, 0.25) is 0 Å². The van der Waals surface area contributed by atoms with Gasteiger partial charge >= 0.3 is 5.69 Å². The van der Waals surface area contributed by atoms with Crippen molar-refractivity contribution < 1.29 is 20.1 Å². The first-order valence-electron chi connectivity index (χ1n) is 5.88. The van der Waals surface area contributed by atoms with Crippen LogP contribution in [0.4, 0.5) is 0 Å². The van der Waals surface area contributed by atoms with Crippen LogP contribution in [0.25, 0.3) is 5.88 Å². The van der Waals surface area contributed by atoms with Gasteiger partial charge in [0.25, 0.3) is 5.56 Å². The molecule has 5 N–H and O–H groups in total. The van der Waals surface area contributed by atoms with Crippen molar-refractivity contribution in [1.29, 1.82) is 0 Å². The number of aromatic amines is 1. The Morgan fingerprint density at radius 2 is 2.20 bits per heavy atom. The van der Waals surface area contributed by atoms with Gasteiger partial charge in [-0.1, -0.05) is 0 Å². The van der Waals surface area contributed by atoms with Crippen molar-refractivity contribution in [3.8, 4) is 0 Å². The minimum atomic E-state index is -1.43. The summed E-state index contributed by atoms with van der Waals surface area (Å²) >= 11 is 0. The molecule has 0 radical (unpaired) electrons. The van der Waals surface area contributed by atoms with Gasteiger partial charge in [0.05, 0.1) is 6.61 Å². The molecule has 0 aliphatic carbocycles. The van der Waals surface area contributed by atoms with Gasteiger partial charge in [0.2, 0.25) is 5.88 Å². The predicted octanol–water partition coefficient (Wildman–Crippen LogP) is -2.31. The van der Waals surface area contributed by atoms with Crippen molar-refractivity contribution in [2.75, 3.05) is 13.7 Å². The number of nitrogens with one attached hydrogen (secondary N) is 2.